The van der Waals surface area contributed by atoms with Gasteiger partial charge in [-0.25, -0.2) is 0 Å². The van der Waals surface area contributed by atoms with Crippen LogP contribution in [0.2, 0.25) is 0 Å². The molecule has 0 aromatic carbocycles. The highest BCUT2D eigenvalue weighted by Gasteiger charge is 2.29. The molecule has 0 heterocycles. The third-order valence-electron chi connectivity index (χ3n) is 3.59. The molecule has 1 rings (SSSR count). The molecule has 0 aliphatic heterocycles. The van der Waals surface area contributed by atoms with E-state index in [-0.39, 0.29) is 0 Å². The molecule has 0 spiro atoms. The lowest BCUT2D eigenvalue weighted by Crippen LogP contribution is -2.42. The Morgan fingerprint density at radius 1 is 1.25 bits per heavy atom. The summed E-state index contributed by atoms with van der Waals surface area (Å²) in [5.74, 6) is 3.14. The second-order valence-electron chi connectivity index (χ2n) is 5.52. The van der Waals surface area contributed by atoms with Crippen LogP contribution in [0, 0.1) is 11.8 Å². The van der Waals surface area contributed by atoms with E-state index in [9.17, 15) is 0 Å². The number of hydrogen-bond acceptors (Lipinski definition) is 2. The van der Waals surface area contributed by atoms with Gasteiger partial charge in [0.1, 0.15) is 0 Å². The van der Waals surface area contributed by atoms with Crippen molar-refractivity contribution in [2.75, 3.05) is 12.3 Å². The molecule has 1 aliphatic carbocycles. The maximum atomic E-state index is 3.68. The van der Waals surface area contributed by atoms with Crippen molar-refractivity contribution in [2.45, 2.75) is 64.7 Å². The summed E-state index contributed by atoms with van der Waals surface area (Å²) in [5, 5.41) is 4.54. The molecule has 3 unspecified atom stereocenters. The van der Waals surface area contributed by atoms with Gasteiger partial charge in [0.25, 0.3) is 0 Å². The lowest BCUT2D eigenvalue weighted by molar-refractivity contribution is 0.297. The molecule has 1 saturated carbocycles. The Morgan fingerprint density at radius 2 is 2.00 bits per heavy atom. The van der Waals surface area contributed by atoms with Crippen LogP contribution in [0.4, 0.5) is 0 Å². The van der Waals surface area contributed by atoms with Crippen LogP contribution >= 0.6 is 11.8 Å². The van der Waals surface area contributed by atoms with E-state index >= 15 is 0 Å². The first-order valence-electron chi connectivity index (χ1n) is 7.02. The average Bonchev–Trinajstić information content (AvgIpc) is 2.28. The van der Waals surface area contributed by atoms with Crippen molar-refractivity contribution < 1.29 is 0 Å². The zero-order valence-electron chi connectivity index (χ0n) is 11.5. The largest absolute Gasteiger partial charge is 0.313 e. The standard InChI is InChI=1S/C14H29NS/c1-5-12-7-8-13(15-6-2)14(9-12)16-10-11(3)4/h11-15H,5-10H2,1-4H3. The monoisotopic (exact) mass is 243 g/mol. The first-order valence-corrected chi connectivity index (χ1v) is 8.07. The van der Waals surface area contributed by atoms with E-state index in [2.05, 4.69) is 44.8 Å². The minimum Gasteiger partial charge on any atom is -0.313 e. The van der Waals surface area contributed by atoms with E-state index in [1.165, 1.54) is 31.4 Å². The van der Waals surface area contributed by atoms with Crippen LogP contribution < -0.4 is 5.32 Å². The zero-order valence-corrected chi connectivity index (χ0v) is 12.3. The Labute approximate surface area is 106 Å². The summed E-state index contributed by atoms with van der Waals surface area (Å²) < 4.78 is 0. The van der Waals surface area contributed by atoms with Gasteiger partial charge in [-0.2, -0.15) is 11.8 Å². The minimum atomic E-state index is 0.775. The summed E-state index contributed by atoms with van der Waals surface area (Å²) in [7, 11) is 0. The molecule has 0 aromatic heterocycles. The molecule has 96 valence electrons. The Morgan fingerprint density at radius 3 is 2.56 bits per heavy atom. The topological polar surface area (TPSA) is 12.0 Å². The van der Waals surface area contributed by atoms with Gasteiger partial charge >= 0.3 is 0 Å². The van der Waals surface area contributed by atoms with Crippen LogP contribution in [0.1, 0.15) is 53.4 Å². The van der Waals surface area contributed by atoms with E-state index in [1.54, 1.807) is 0 Å². The van der Waals surface area contributed by atoms with Gasteiger partial charge in [0, 0.05) is 11.3 Å². The maximum absolute atomic E-state index is 3.68. The van der Waals surface area contributed by atoms with Crippen LogP contribution in [-0.2, 0) is 0 Å². The first kappa shape index (κ1) is 14.4. The summed E-state index contributed by atoms with van der Waals surface area (Å²) >= 11 is 2.21. The van der Waals surface area contributed by atoms with Crippen LogP contribution in [0.5, 0.6) is 0 Å². The fraction of sp³-hybridized carbons (Fsp3) is 1.00. The lowest BCUT2D eigenvalue weighted by atomic mass is 9.84. The van der Waals surface area contributed by atoms with Crippen molar-refractivity contribution in [3.05, 3.63) is 0 Å². The van der Waals surface area contributed by atoms with Gasteiger partial charge in [0.2, 0.25) is 0 Å². The van der Waals surface area contributed by atoms with Gasteiger partial charge in [-0.3, -0.25) is 0 Å². The molecule has 0 aromatic rings. The number of nitrogens with one attached hydrogen (secondary N) is 1. The normalized spacial score (nSPS) is 30.9. The first-order chi connectivity index (χ1) is 7.67. The average molecular weight is 243 g/mol. The van der Waals surface area contributed by atoms with E-state index in [1.807, 2.05) is 0 Å². The van der Waals surface area contributed by atoms with E-state index in [4.69, 9.17) is 0 Å². The second kappa shape index (κ2) is 7.60. The predicted octanol–water partition coefficient (Wildman–Crippen LogP) is 3.93. The summed E-state index contributed by atoms with van der Waals surface area (Å²) in [4.78, 5) is 0. The van der Waals surface area contributed by atoms with Crippen molar-refractivity contribution in [2.24, 2.45) is 11.8 Å². The van der Waals surface area contributed by atoms with Crippen LogP contribution in [0.3, 0.4) is 0 Å². The summed E-state index contributed by atoms with van der Waals surface area (Å²) in [5.41, 5.74) is 0. The molecular weight excluding hydrogens is 214 g/mol. The van der Waals surface area contributed by atoms with Crippen LogP contribution in [-0.4, -0.2) is 23.6 Å². The summed E-state index contributed by atoms with van der Waals surface area (Å²) in [6.07, 6.45) is 5.64. The smallest absolute Gasteiger partial charge is 0.0203 e. The van der Waals surface area contributed by atoms with Gasteiger partial charge in [0.05, 0.1) is 0 Å². The van der Waals surface area contributed by atoms with Crippen LogP contribution in [0.25, 0.3) is 0 Å². The second-order valence-corrected chi connectivity index (χ2v) is 6.79. The molecule has 0 amide bonds. The highest BCUT2D eigenvalue weighted by Crippen LogP contribution is 2.34. The van der Waals surface area contributed by atoms with Crippen molar-refractivity contribution in [1.82, 2.24) is 5.32 Å². The van der Waals surface area contributed by atoms with Gasteiger partial charge in [0.15, 0.2) is 0 Å². The Bertz CT molecular complexity index is 182. The summed E-state index contributed by atoms with van der Waals surface area (Å²) in [6.45, 7) is 10.4. The molecule has 0 saturated heterocycles. The number of thioether (sulfide) groups is 1. The maximum Gasteiger partial charge on any atom is 0.0203 e. The highest BCUT2D eigenvalue weighted by molar-refractivity contribution is 7.99. The molecule has 0 bridgehead atoms. The van der Waals surface area contributed by atoms with Crippen molar-refractivity contribution >= 4 is 11.8 Å². The molecule has 3 atom stereocenters. The molecule has 1 N–H and O–H groups in total. The van der Waals surface area contributed by atoms with Gasteiger partial charge < -0.3 is 5.32 Å². The minimum absolute atomic E-state index is 0.775. The fourth-order valence-electron chi connectivity index (χ4n) is 2.58. The predicted molar refractivity (Wildman–Crippen MR) is 76.2 cm³/mol. The van der Waals surface area contributed by atoms with E-state index in [0.717, 1.165) is 29.7 Å². The lowest BCUT2D eigenvalue weighted by Gasteiger charge is -2.36. The highest BCUT2D eigenvalue weighted by atomic mass is 32.2. The molecule has 1 fully saturated rings. The van der Waals surface area contributed by atoms with Crippen molar-refractivity contribution in [1.29, 1.82) is 0 Å². The Kier molecular flexibility index (Phi) is 6.83. The van der Waals surface area contributed by atoms with Gasteiger partial charge in [-0.05, 0) is 43.4 Å². The SMILES string of the molecule is CCNC1CCC(CC)CC1SCC(C)C. The molecule has 1 aliphatic rings. The third kappa shape index (κ3) is 4.67. The number of rotatable bonds is 6. The molecular formula is C14H29NS. The van der Waals surface area contributed by atoms with Gasteiger partial charge in [-0.1, -0.05) is 34.1 Å². The van der Waals surface area contributed by atoms with Crippen molar-refractivity contribution in [3.8, 4) is 0 Å². The molecule has 0 radical (unpaired) electrons. The fourth-order valence-corrected chi connectivity index (χ4v) is 4.08. The molecule has 16 heavy (non-hydrogen) atoms. The van der Waals surface area contributed by atoms with Crippen LogP contribution in [0.15, 0.2) is 0 Å². The Hall–Kier alpha value is 0.310. The van der Waals surface area contributed by atoms with E-state index < -0.39 is 0 Å². The molecule has 2 heteroatoms. The van der Waals surface area contributed by atoms with Gasteiger partial charge in [-0.15, -0.1) is 0 Å². The molecule has 1 nitrogen and oxygen atoms in total. The quantitative estimate of drug-likeness (QED) is 0.758. The zero-order chi connectivity index (χ0) is 12.0. The van der Waals surface area contributed by atoms with E-state index in [0.29, 0.717) is 0 Å². The van der Waals surface area contributed by atoms with Crippen molar-refractivity contribution in [3.63, 3.8) is 0 Å². The third-order valence-corrected chi connectivity index (χ3v) is 5.40. The Balaban J connectivity index is 2.43. The number of hydrogen-bond donors (Lipinski definition) is 1. The summed E-state index contributed by atoms with van der Waals surface area (Å²) in [6, 6.07) is 0.775.